The van der Waals surface area contributed by atoms with Gasteiger partial charge in [0.25, 0.3) is 0 Å². The van der Waals surface area contributed by atoms with Crippen LogP contribution in [0, 0.1) is 23.7 Å². The van der Waals surface area contributed by atoms with Crippen LogP contribution >= 0.6 is 11.6 Å². The van der Waals surface area contributed by atoms with Crippen LogP contribution in [0.25, 0.3) is 11.3 Å². The molecule has 4 atom stereocenters. The third-order valence-corrected chi connectivity index (χ3v) is 7.72. The first kappa shape index (κ1) is 27.8. The van der Waals surface area contributed by atoms with Crippen LogP contribution in [0.15, 0.2) is 49.6 Å². The maximum atomic E-state index is 8.43. The Hall–Kier alpha value is -4.37. The van der Waals surface area contributed by atoms with Crippen molar-refractivity contribution in [2.24, 2.45) is 23.7 Å². The smallest absolute Gasteiger partial charge is 0.535 e. The third-order valence-electron chi connectivity index (χ3n) is 7.54. The summed E-state index contributed by atoms with van der Waals surface area (Å²) in [7, 11) is 0.628. The number of nitrogens with two attached hydrogens (primary N) is 2. The maximum Gasteiger partial charge on any atom is 0.569 e. The zero-order valence-corrected chi connectivity index (χ0v) is 23.4. The molecule has 0 aromatic carbocycles. The zero-order chi connectivity index (χ0) is 29.1. The number of hydrogen-bond acceptors (Lipinski definition) is 14. The predicted molar refractivity (Wildman–Crippen MR) is 157 cm³/mol. The SMILES string of the molecule is Nc1cncc(-c2cnc(N3CC4CC4C3)nc2)n1.Nc1cncc(Cl)n1.O[B]Oc1cnc(N2CC3CC3C2)nc1. The molecule has 2 saturated heterocycles. The van der Waals surface area contributed by atoms with E-state index in [4.69, 9.17) is 32.7 Å². The second-order valence-corrected chi connectivity index (χ2v) is 11.0. The Morgan fingerprint density at radius 1 is 0.714 bits per heavy atom. The molecule has 4 fully saturated rings. The minimum atomic E-state index is 0.324. The van der Waals surface area contributed by atoms with Crippen LogP contribution < -0.4 is 25.9 Å². The number of rotatable bonds is 5. The molecule has 8 rings (SSSR count). The highest BCUT2D eigenvalue weighted by Gasteiger charge is 2.46. The van der Waals surface area contributed by atoms with Gasteiger partial charge in [0.05, 0.1) is 42.9 Å². The molecule has 4 unspecified atom stereocenters. The largest absolute Gasteiger partial charge is 0.569 e. The Morgan fingerprint density at radius 2 is 1.21 bits per heavy atom. The molecule has 16 heteroatoms. The fourth-order valence-electron chi connectivity index (χ4n) is 5.21. The first-order valence-corrected chi connectivity index (χ1v) is 13.9. The third kappa shape index (κ3) is 6.91. The summed E-state index contributed by atoms with van der Waals surface area (Å²) in [5.74, 6) is 6.27. The van der Waals surface area contributed by atoms with Gasteiger partial charge in [-0.3, -0.25) is 9.97 Å². The zero-order valence-electron chi connectivity index (χ0n) is 22.6. The molecule has 6 heterocycles. The molecular formula is C26H29BClN12O2. The first-order chi connectivity index (χ1) is 20.4. The van der Waals surface area contributed by atoms with Gasteiger partial charge in [-0.1, -0.05) is 11.6 Å². The van der Waals surface area contributed by atoms with Crippen molar-refractivity contribution >= 4 is 42.8 Å². The van der Waals surface area contributed by atoms with Gasteiger partial charge in [0.1, 0.15) is 22.5 Å². The van der Waals surface area contributed by atoms with Crippen molar-refractivity contribution in [1.82, 2.24) is 39.9 Å². The summed E-state index contributed by atoms with van der Waals surface area (Å²) >= 11 is 5.39. The summed E-state index contributed by atoms with van der Waals surface area (Å²) in [6.07, 6.45) is 15.5. The summed E-state index contributed by atoms with van der Waals surface area (Å²) in [5.41, 5.74) is 12.4. The van der Waals surface area contributed by atoms with Gasteiger partial charge in [0.2, 0.25) is 11.9 Å². The number of piperidine rings is 2. The second kappa shape index (κ2) is 12.2. The van der Waals surface area contributed by atoms with Crippen LogP contribution in [0.4, 0.5) is 23.5 Å². The van der Waals surface area contributed by atoms with E-state index in [1.54, 1.807) is 31.0 Å². The monoisotopic (exact) mass is 587 g/mol. The Balaban J connectivity index is 0.000000122. The lowest BCUT2D eigenvalue weighted by atomic mass is 10.2. The van der Waals surface area contributed by atoms with E-state index >= 15 is 0 Å². The van der Waals surface area contributed by atoms with Gasteiger partial charge in [-0.15, -0.1) is 0 Å². The molecule has 1 radical (unpaired) electrons. The number of anilines is 4. The molecular weight excluding hydrogens is 559 g/mol. The topological polar surface area (TPSA) is 191 Å². The number of aromatic nitrogens is 8. The van der Waals surface area contributed by atoms with Gasteiger partial charge in [-0.2, -0.15) is 0 Å². The van der Waals surface area contributed by atoms with Crippen molar-refractivity contribution in [3.05, 3.63) is 54.7 Å². The molecule has 14 nitrogen and oxygen atoms in total. The summed E-state index contributed by atoms with van der Waals surface area (Å²) in [4.78, 5) is 37.3. The molecule has 215 valence electrons. The van der Waals surface area contributed by atoms with Crippen molar-refractivity contribution < 1.29 is 9.68 Å². The summed E-state index contributed by atoms with van der Waals surface area (Å²) < 4.78 is 4.74. The summed E-state index contributed by atoms with van der Waals surface area (Å²) in [6, 6.07) is 0. The van der Waals surface area contributed by atoms with Crippen molar-refractivity contribution in [3.8, 4) is 17.0 Å². The number of nitrogens with zero attached hydrogens (tertiary/aromatic N) is 10. The van der Waals surface area contributed by atoms with E-state index in [0.717, 1.165) is 67.3 Å². The molecule has 4 aromatic heterocycles. The average Bonchev–Trinajstić information content (AvgIpc) is 3.84. The molecule has 42 heavy (non-hydrogen) atoms. The summed E-state index contributed by atoms with van der Waals surface area (Å²) in [5, 5.41) is 8.75. The number of fused-ring (bicyclic) bond motifs is 2. The van der Waals surface area contributed by atoms with Gasteiger partial charge in [-0.25, -0.2) is 29.9 Å². The number of halogens is 1. The van der Waals surface area contributed by atoms with Crippen LogP contribution in [-0.4, -0.2) is 78.8 Å². The highest BCUT2D eigenvalue weighted by Crippen LogP contribution is 2.46. The van der Waals surface area contributed by atoms with Crippen molar-refractivity contribution in [2.75, 3.05) is 47.4 Å². The standard InChI is InChI=1S/C13H14N6.C9H11BN3O2.C4H4ClN3/c14-12-5-15-4-11(18-12)10-2-16-13(17-3-10)19-6-8-1-9(8)7-19;14-10-15-8-2-11-9(12-3-8)13-4-6-1-7(6)5-13;5-3-1-7-2-4(6)8-3/h2-5,8-9H,1,6-7H2,(H2,14,18);2-3,6-7,14H,1,4-5H2;1-2H,(H2,6,8). The highest BCUT2D eigenvalue weighted by atomic mass is 35.5. The van der Waals surface area contributed by atoms with Crippen LogP contribution in [0.2, 0.25) is 5.15 Å². The molecule has 4 aromatic rings. The van der Waals surface area contributed by atoms with Gasteiger partial charge in [0, 0.05) is 44.1 Å². The Bertz CT molecular complexity index is 1460. The average molecular weight is 588 g/mol. The van der Waals surface area contributed by atoms with E-state index in [0.29, 0.717) is 35.9 Å². The Morgan fingerprint density at radius 3 is 1.67 bits per heavy atom. The normalized spacial score (nSPS) is 22.5. The first-order valence-electron chi connectivity index (χ1n) is 13.5. The molecule has 0 amide bonds. The highest BCUT2D eigenvalue weighted by molar-refractivity contribution is 6.29. The number of nitrogen functional groups attached to an aromatic ring is 2. The lowest BCUT2D eigenvalue weighted by Gasteiger charge is -2.17. The Labute approximate surface area is 247 Å². The minimum absolute atomic E-state index is 0.324. The molecule has 4 aliphatic rings. The second-order valence-electron chi connectivity index (χ2n) is 10.6. The lowest BCUT2D eigenvalue weighted by molar-refractivity contribution is 0.451. The van der Waals surface area contributed by atoms with Crippen LogP contribution in [0.3, 0.4) is 0 Å². The molecule has 2 aliphatic heterocycles. The molecule has 2 saturated carbocycles. The summed E-state index contributed by atoms with van der Waals surface area (Å²) in [6.45, 7) is 4.36. The van der Waals surface area contributed by atoms with Crippen molar-refractivity contribution in [1.29, 1.82) is 0 Å². The predicted octanol–water partition coefficient (Wildman–Crippen LogP) is 1.52. The molecule has 2 aliphatic carbocycles. The van der Waals surface area contributed by atoms with Crippen molar-refractivity contribution in [2.45, 2.75) is 12.8 Å². The van der Waals surface area contributed by atoms with Crippen LogP contribution in [0.5, 0.6) is 5.75 Å². The minimum Gasteiger partial charge on any atom is -0.535 e. The van der Waals surface area contributed by atoms with Crippen LogP contribution in [-0.2, 0) is 0 Å². The maximum absolute atomic E-state index is 8.43. The fourth-order valence-corrected chi connectivity index (χ4v) is 5.36. The Kier molecular flexibility index (Phi) is 8.10. The lowest BCUT2D eigenvalue weighted by Crippen LogP contribution is -2.23. The van der Waals surface area contributed by atoms with E-state index in [-0.39, 0.29) is 0 Å². The quantitative estimate of drug-likeness (QED) is 0.285. The van der Waals surface area contributed by atoms with E-state index < -0.39 is 0 Å². The van der Waals surface area contributed by atoms with E-state index in [2.05, 4.69) is 49.7 Å². The van der Waals surface area contributed by atoms with Gasteiger partial charge in [0.15, 0.2) is 0 Å². The molecule has 0 bridgehead atoms. The van der Waals surface area contributed by atoms with E-state index in [1.165, 1.54) is 31.4 Å². The fraction of sp³-hybridized carbons (Fsp3) is 0.385. The van der Waals surface area contributed by atoms with Gasteiger partial charge >= 0.3 is 7.69 Å². The molecule has 5 N–H and O–H groups in total. The van der Waals surface area contributed by atoms with Gasteiger partial charge < -0.3 is 30.9 Å². The molecule has 0 spiro atoms. The van der Waals surface area contributed by atoms with Crippen LogP contribution in [0.1, 0.15) is 12.8 Å². The van der Waals surface area contributed by atoms with E-state index in [1.807, 2.05) is 0 Å². The van der Waals surface area contributed by atoms with E-state index in [9.17, 15) is 0 Å². The van der Waals surface area contributed by atoms with Crippen molar-refractivity contribution in [3.63, 3.8) is 0 Å². The van der Waals surface area contributed by atoms with Gasteiger partial charge in [-0.05, 0) is 36.5 Å². The number of hydrogen-bond donors (Lipinski definition) is 3.